The van der Waals surface area contributed by atoms with Crippen molar-refractivity contribution >= 4 is 5.71 Å². The number of ether oxygens (including phenoxy) is 1. The zero-order chi connectivity index (χ0) is 10.5. The fourth-order valence-electron chi connectivity index (χ4n) is 2.27. The van der Waals surface area contributed by atoms with Gasteiger partial charge in [-0.2, -0.15) is 5.10 Å². The first-order valence-electron chi connectivity index (χ1n) is 5.90. The first-order valence-corrected chi connectivity index (χ1v) is 5.90. The van der Waals surface area contributed by atoms with Crippen LogP contribution in [0.3, 0.4) is 0 Å². The topological polar surface area (TPSA) is 24.8 Å². The Labute approximate surface area is 91.8 Å². The fraction of sp³-hybridized carbons (Fsp3) is 0.750. The Hall–Kier alpha value is -0.830. The minimum Gasteiger partial charge on any atom is -0.382 e. The van der Waals surface area contributed by atoms with Crippen LogP contribution in [0.4, 0.5) is 0 Å². The van der Waals surface area contributed by atoms with Crippen molar-refractivity contribution in [2.45, 2.75) is 38.1 Å². The highest BCUT2D eigenvalue weighted by Crippen LogP contribution is 2.19. The Kier molecular flexibility index (Phi) is 3.78. The number of methoxy groups -OCH3 is 1. The number of rotatable bonds is 3. The van der Waals surface area contributed by atoms with Gasteiger partial charge in [0.05, 0.1) is 18.4 Å². The first-order chi connectivity index (χ1) is 7.40. The van der Waals surface area contributed by atoms with Crippen molar-refractivity contribution in [3.63, 3.8) is 0 Å². The van der Waals surface area contributed by atoms with Gasteiger partial charge in [0.2, 0.25) is 0 Å². The molecule has 3 nitrogen and oxygen atoms in total. The Morgan fingerprint density at radius 1 is 1.53 bits per heavy atom. The molecule has 3 heteroatoms. The molecule has 1 atom stereocenters. The molecule has 2 rings (SSSR count). The third kappa shape index (κ3) is 2.81. The van der Waals surface area contributed by atoms with E-state index in [9.17, 15) is 0 Å². The van der Waals surface area contributed by atoms with Gasteiger partial charge in [0, 0.05) is 13.7 Å². The van der Waals surface area contributed by atoms with Crippen molar-refractivity contribution in [1.29, 1.82) is 0 Å². The van der Waals surface area contributed by atoms with Crippen LogP contribution in [0.1, 0.15) is 32.1 Å². The van der Waals surface area contributed by atoms with Crippen LogP contribution in [0, 0.1) is 0 Å². The normalized spacial score (nSPS) is 29.0. The zero-order valence-electron chi connectivity index (χ0n) is 9.48. The molecule has 0 aromatic carbocycles. The van der Waals surface area contributed by atoms with E-state index in [0.29, 0.717) is 6.04 Å². The second kappa shape index (κ2) is 5.31. The molecule has 1 saturated heterocycles. The SMILES string of the molecule is COC[C@@H]1CCCN1N=C1C=CCCC1. The van der Waals surface area contributed by atoms with Crippen LogP contribution in [0.2, 0.25) is 0 Å². The van der Waals surface area contributed by atoms with Gasteiger partial charge in [0.25, 0.3) is 0 Å². The summed E-state index contributed by atoms with van der Waals surface area (Å²) < 4.78 is 5.22. The standard InChI is InChI=1S/C12H20N2O/c1-15-10-12-8-5-9-14(12)13-11-6-3-2-4-7-11/h3,6,12H,2,4-5,7-10H2,1H3/t12-/m0/s1. The number of hydrogen-bond acceptors (Lipinski definition) is 3. The number of nitrogens with zero attached hydrogens (tertiary/aromatic N) is 2. The van der Waals surface area contributed by atoms with E-state index in [4.69, 9.17) is 9.84 Å². The molecule has 0 aromatic heterocycles. The van der Waals surface area contributed by atoms with Crippen molar-refractivity contribution < 1.29 is 4.74 Å². The van der Waals surface area contributed by atoms with E-state index >= 15 is 0 Å². The minimum atomic E-state index is 0.498. The summed E-state index contributed by atoms with van der Waals surface area (Å²) in [6, 6.07) is 0.498. The predicted octanol–water partition coefficient (Wildman–Crippen LogP) is 2.19. The maximum absolute atomic E-state index is 5.22. The number of hydrazone groups is 1. The van der Waals surface area contributed by atoms with E-state index in [0.717, 1.165) is 19.6 Å². The molecule has 0 bridgehead atoms. The van der Waals surface area contributed by atoms with Gasteiger partial charge in [-0.15, -0.1) is 0 Å². The van der Waals surface area contributed by atoms with E-state index in [1.54, 1.807) is 7.11 Å². The van der Waals surface area contributed by atoms with Crippen molar-refractivity contribution in [3.8, 4) is 0 Å². The molecule has 1 fully saturated rings. The third-order valence-corrected chi connectivity index (χ3v) is 3.08. The monoisotopic (exact) mass is 208 g/mol. The van der Waals surface area contributed by atoms with Crippen molar-refractivity contribution in [2.75, 3.05) is 20.3 Å². The molecule has 0 unspecified atom stereocenters. The lowest BCUT2D eigenvalue weighted by atomic mass is 10.1. The average Bonchev–Trinajstić information content (AvgIpc) is 2.68. The summed E-state index contributed by atoms with van der Waals surface area (Å²) >= 11 is 0. The lowest BCUT2D eigenvalue weighted by molar-refractivity contribution is 0.118. The zero-order valence-corrected chi connectivity index (χ0v) is 9.48. The minimum absolute atomic E-state index is 0.498. The van der Waals surface area contributed by atoms with Gasteiger partial charge in [-0.3, -0.25) is 5.01 Å². The highest BCUT2D eigenvalue weighted by Gasteiger charge is 2.23. The summed E-state index contributed by atoms with van der Waals surface area (Å²) in [5.41, 5.74) is 1.24. The van der Waals surface area contributed by atoms with Crippen LogP contribution in [-0.2, 0) is 4.74 Å². The van der Waals surface area contributed by atoms with E-state index < -0.39 is 0 Å². The molecule has 2 aliphatic rings. The molecule has 1 heterocycles. The summed E-state index contributed by atoms with van der Waals surface area (Å²) in [6.45, 7) is 1.89. The van der Waals surface area contributed by atoms with Gasteiger partial charge in [-0.1, -0.05) is 6.08 Å². The van der Waals surface area contributed by atoms with Crippen LogP contribution in [-0.4, -0.2) is 37.0 Å². The van der Waals surface area contributed by atoms with Gasteiger partial charge in [-0.05, 0) is 38.2 Å². The molecule has 1 aliphatic carbocycles. The molecule has 0 spiro atoms. The molecule has 84 valence electrons. The summed E-state index contributed by atoms with van der Waals surface area (Å²) in [5.74, 6) is 0. The lowest BCUT2D eigenvalue weighted by Crippen LogP contribution is -2.29. The highest BCUT2D eigenvalue weighted by molar-refractivity contribution is 5.95. The van der Waals surface area contributed by atoms with Crippen LogP contribution in [0.15, 0.2) is 17.3 Å². The smallest absolute Gasteiger partial charge is 0.0704 e. The Balaban J connectivity index is 1.97. The largest absolute Gasteiger partial charge is 0.382 e. The molecule has 1 aliphatic heterocycles. The molecule has 0 aromatic rings. The number of allylic oxidation sites excluding steroid dienone is 2. The van der Waals surface area contributed by atoms with Crippen LogP contribution in [0.5, 0.6) is 0 Å². The molecule has 0 radical (unpaired) electrons. The van der Waals surface area contributed by atoms with Crippen molar-refractivity contribution in [1.82, 2.24) is 5.01 Å². The Morgan fingerprint density at radius 3 is 3.20 bits per heavy atom. The van der Waals surface area contributed by atoms with Crippen molar-refractivity contribution in [3.05, 3.63) is 12.2 Å². The predicted molar refractivity (Wildman–Crippen MR) is 62.0 cm³/mol. The van der Waals surface area contributed by atoms with Crippen LogP contribution >= 0.6 is 0 Å². The van der Waals surface area contributed by atoms with E-state index in [1.807, 2.05) is 0 Å². The molecule has 0 N–H and O–H groups in total. The summed E-state index contributed by atoms with van der Waals surface area (Å²) in [5, 5.41) is 6.94. The first kappa shape index (κ1) is 10.7. The quantitative estimate of drug-likeness (QED) is 0.710. The molecule has 0 amide bonds. The molecule has 0 saturated carbocycles. The average molecular weight is 208 g/mol. The molecule has 15 heavy (non-hydrogen) atoms. The Morgan fingerprint density at radius 2 is 2.47 bits per heavy atom. The van der Waals surface area contributed by atoms with Crippen molar-refractivity contribution in [2.24, 2.45) is 5.10 Å². The van der Waals surface area contributed by atoms with Gasteiger partial charge in [-0.25, -0.2) is 0 Å². The Bertz CT molecular complexity index is 260. The van der Waals surface area contributed by atoms with E-state index in [2.05, 4.69) is 17.2 Å². The third-order valence-electron chi connectivity index (χ3n) is 3.08. The van der Waals surface area contributed by atoms with Gasteiger partial charge >= 0.3 is 0 Å². The second-order valence-corrected chi connectivity index (χ2v) is 4.30. The lowest BCUT2D eigenvalue weighted by Gasteiger charge is -2.22. The van der Waals surface area contributed by atoms with Crippen LogP contribution < -0.4 is 0 Å². The fourth-order valence-corrected chi connectivity index (χ4v) is 2.27. The van der Waals surface area contributed by atoms with E-state index in [1.165, 1.54) is 31.4 Å². The summed E-state index contributed by atoms with van der Waals surface area (Å²) in [4.78, 5) is 0. The molecular formula is C12H20N2O. The van der Waals surface area contributed by atoms with Gasteiger partial charge in [0.15, 0.2) is 0 Å². The summed E-state index contributed by atoms with van der Waals surface area (Å²) in [6.07, 6.45) is 10.4. The second-order valence-electron chi connectivity index (χ2n) is 4.30. The maximum Gasteiger partial charge on any atom is 0.0704 e. The van der Waals surface area contributed by atoms with Gasteiger partial charge in [0.1, 0.15) is 0 Å². The number of hydrogen-bond donors (Lipinski definition) is 0. The van der Waals surface area contributed by atoms with Crippen LogP contribution in [0.25, 0.3) is 0 Å². The summed E-state index contributed by atoms with van der Waals surface area (Å²) in [7, 11) is 1.77. The highest BCUT2D eigenvalue weighted by atomic mass is 16.5. The maximum atomic E-state index is 5.22. The molecular weight excluding hydrogens is 188 g/mol. The van der Waals surface area contributed by atoms with Gasteiger partial charge < -0.3 is 4.74 Å². The van der Waals surface area contributed by atoms with E-state index in [-0.39, 0.29) is 0 Å².